The van der Waals surface area contributed by atoms with Crippen LogP contribution in [0.1, 0.15) is 17.5 Å². The van der Waals surface area contributed by atoms with Gasteiger partial charge in [-0.15, -0.1) is 0 Å². The van der Waals surface area contributed by atoms with E-state index in [1.54, 1.807) is 0 Å². The smallest absolute Gasteiger partial charge is 0.128 e. The predicted octanol–water partition coefficient (Wildman–Crippen LogP) is 2.33. The van der Waals surface area contributed by atoms with Gasteiger partial charge in [0.15, 0.2) is 0 Å². The van der Waals surface area contributed by atoms with E-state index in [0.717, 1.165) is 41.5 Å². The first-order chi connectivity index (χ1) is 8.25. The molecule has 90 valence electrons. The number of hydrogen-bond donors (Lipinski definition) is 3. The Kier molecular flexibility index (Phi) is 2.56. The molecule has 1 aromatic carbocycles. The van der Waals surface area contributed by atoms with E-state index in [4.69, 9.17) is 0 Å². The maximum Gasteiger partial charge on any atom is 0.128 e. The Morgan fingerprint density at radius 2 is 2.29 bits per heavy atom. The largest absolute Gasteiger partial charge is 0.507 e. The second kappa shape index (κ2) is 4.08. The average molecular weight is 230 g/mol. The molecule has 1 aromatic heterocycles. The van der Waals surface area contributed by atoms with Crippen molar-refractivity contribution < 1.29 is 5.11 Å². The summed E-state index contributed by atoms with van der Waals surface area (Å²) in [4.78, 5) is 3.18. The van der Waals surface area contributed by atoms with E-state index in [-0.39, 0.29) is 0 Å². The molecule has 2 aromatic rings. The van der Waals surface area contributed by atoms with Crippen molar-refractivity contribution in [1.29, 1.82) is 0 Å². The van der Waals surface area contributed by atoms with Crippen LogP contribution in [0.2, 0.25) is 0 Å². The SMILES string of the molecule is Cc1c[nH]c2ccc(CC3CCNC3)c(O)c12. The number of fused-ring (bicyclic) bond motifs is 1. The quantitative estimate of drug-likeness (QED) is 0.741. The molecular formula is C14H18N2O. The number of H-pyrrole nitrogens is 1. The maximum atomic E-state index is 10.3. The van der Waals surface area contributed by atoms with Crippen molar-refractivity contribution in [2.24, 2.45) is 5.92 Å². The van der Waals surface area contributed by atoms with Crippen LogP contribution in [0.15, 0.2) is 18.3 Å². The van der Waals surface area contributed by atoms with Gasteiger partial charge in [0.1, 0.15) is 5.75 Å². The molecule has 0 bridgehead atoms. The number of aromatic hydroxyl groups is 1. The number of phenols is 1. The number of nitrogens with one attached hydrogen (secondary N) is 2. The molecule has 0 radical (unpaired) electrons. The monoisotopic (exact) mass is 230 g/mol. The minimum atomic E-state index is 0.466. The normalized spacial score (nSPS) is 20.2. The Hall–Kier alpha value is -1.48. The second-order valence-corrected chi connectivity index (χ2v) is 5.03. The van der Waals surface area contributed by atoms with Crippen molar-refractivity contribution in [3.63, 3.8) is 0 Å². The van der Waals surface area contributed by atoms with E-state index in [2.05, 4.69) is 16.4 Å². The predicted molar refractivity (Wildman–Crippen MR) is 69.4 cm³/mol. The average Bonchev–Trinajstić information content (AvgIpc) is 2.93. The summed E-state index contributed by atoms with van der Waals surface area (Å²) < 4.78 is 0. The van der Waals surface area contributed by atoms with Crippen LogP contribution in [-0.4, -0.2) is 23.2 Å². The molecule has 1 aliphatic rings. The zero-order valence-electron chi connectivity index (χ0n) is 10.1. The van der Waals surface area contributed by atoms with E-state index in [1.807, 2.05) is 19.2 Å². The van der Waals surface area contributed by atoms with Crippen LogP contribution in [0.5, 0.6) is 5.75 Å². The molecule has 1 atom stereocenters. The first kappa shape index (κ1) is 10.7. The summed E-state index contributed by atoms with van der Waals surface area (Å²) >= 11 is 0. The number of aryl methyl sites for hydroxylation is 1. The van der Waals surface area contributed by atoms with Gasteiger partial charge >= 0.3 is 0 Å². The Labute approximate surface area is 101 Å². The van der Waals surface area contributed by atoms with E-state index < -0.39 is 0 Å². The Bertz CT molecular complexity index is 538. The van der Waals surface area contributed by atoms with Crippen LogP contribution >= 0.6 is 0 Å². The highest BCUT2D eigenvalue weighted by Gasteiger charge is 2.18. The van der Waals surface area contributed by atoms with Crippen LogP contribution in [0.3, 0.4) is 0 Å². The highest BCUT2D eigenvalue weighted by Crippen LogP contribution is 2.32. The van der Waals surface area contributed by atoms with Gasteiger partial charge in [-0.25, -0.2) is 0 Å². The third-order valence-corrected chi connectivity index (χ3v) is 3.77. The fourth-order valence-corrected chi connectivity index (χ4v) is 2.78. The zero-order chi connectivity index (χ0) is 11.8. The third-order valence-electron chi connectivity index (χ3n) is 3.77. The van der Waals surface area contributed by atoms with E-state index in [0.29, 0.717) is 11.7 Å². The fraction of sp³-hybridized carbons (Fsp3) is 0.429. The maximum absolute atomic E-state index is 10.3. The second-order valence-electron chi connectivity index (χ2n) is 5.03. The standard InChI is InChI=1S/C14H18N2O/c1-9-7-16-12-3-2-11(14(17)13(9)12)6-10-4-5-15-8-10/h2-3,7,10,15-17H,4-6,8H2,1H3. The number of aromatic amines is 1. The molecule has 3 rings (SSSR count). The van der Waals surface area contributed by atoms with Crippen molar-refractivity contribution in [3.05, 3.63) is 29.5 Å². The molecule has 3 heteroatoms. The molecule has 1 fully saturated rings. The minimum absolute atomic E-state index is 0.466. The lowest BCUT2D eigenvalue weighted by molar-refractivity contribution is 0.465. The summed E-state index contributed by atoms with van der Waals surface area (Å²) in [5, 5.41) is 14.7. The van der Waals surface area contributed by atoms with Crippen LogP contribution < -0.4 is 5.32 Å². The highest BCUT2D eigenvalue weighted by atomic mass is 16.3. The number of phenolic OH excluding ortho intramolecular Hbond substituents is 1. The van der Waals surface area contributed by atoms with Gasteiger partial charge in [-0.05, 0) is 56.0 Å². The molecule has 17 heavy (non-hydrogen) atoms. The van der Waals surface area contributed by atoms with Gasteiger partial charge < -0.3 is 15.4 Å². The van der Waals surface area contributed by atoms with Crippen LogP contribution in [0.25, 0.3) is 10.9 Å². The summed E-state index contributed by atoms with van der Waals surface area (Å²) in [6.07, 6.45) is 4.13. The van der Waals surface area contributed by atoms with Gasteiger partial charge in [0, 0.05) is 17.1 Å². The van der Waals surface area contributed by atoms with Crippen molar-refractivity contribution in [2.75, 3.05) is 13.1 Å². The highest BCUT2D eigenvalue weighted by molar-refractivity contribution is 5.90. The molecule has 3 N–H and O–H groups in total. The van der Waals surface area contributed by atoms with Crippen molar-refractivity contribution in [2.45, 2.75) is 19.8 Å². The van der Waals surface area contributed by atoms with Crippen molar-refractivity contribution in [1.82, 2.24) is 10.3 Å². The zero-order valence-corrected chi connectivity index (χ0v) is 10.1. The fourth-order valence-electron chi connectivity index (χ4n) is 2.78. The summed E-state index contributed by atoms with van der Waals surface area (Å²) in [5.74, 6) is 1.13. The summed E-state index contributed by atoms with van der Waals surface area (Å²) in [7, 11) is 0. The Morgan fingerprint density at radius 3 is 3.06 bits per heavy atom. The molecule has 1 aliphatic heterocycles. The van der Waals surface area contributed by atoms with Gasteiger partial charge in [-0.3, -0.25) is 0 Å². The minimum Gasteiger partial charge on any atom is -0.507 e. The molecular weight excluding hydrogens is 212 g/mol. The number of aromatic nitrogens is 1. The van der Waals surface area contributed by atoms with Gasteiger partial charge in [0.25, 0.3) is 0 Å². The van der Waals surface area contributed by atoms with Crippen LogP contribution in [0, 0.1) is 12.8 Å². The topological polar surface area (TPSA) is 48.0 Å². The van der Waals surface area contributed by atoms with Gasteiger partial charge in [-0.1, -0.05) is 6.07 Å². The molecule has 0 aliphatic carbocycles. The molecule has 0 saturated carbocycles. The molecule has 3 nitrogen and oxygen atoms in total. The first-order valence-electron chi connectivity index (χ1n) is 6.25. The Balaban J connectivity index is 1.98. The van der Waals surface area contributed by atoms with Crippen molar-refractivity contribution in [3.8, 4) is 5.75 Å². The summed E-state index contributed by atoms with van der Waals surface area (Å²) in [5.41, 5.74) is 3.21. The van der Waals surface area contributed by atoms with E-state index in [9.17, 15) is 5.11 Å². The summed E-state index contributed by atoms with van der Waals surface area (Å²) in [6, 6.07) is 4.12. The Morgan fingerprint density at radius 1 is 1.41 bits per heavy atom. The van der Waals surface area contributed by atoms with Gasteiger partial charge in [0.05, 0.1) is 0 Å². The molecule has 2 heterocycles. The van der Waals surface area contributed by atoms with Gasteiger partial charge in [0.2, 0.25) is 0 Å². The number of rotatable bonds is 2. The van der Waals surface area contributed by atoms with E-state index in [1.165, 1.54) is 6.42 Å². The van der Waals surface area contributed by atoms with Crippen LogP contribution in [-0.2, 0) is 6.42 Å². The molecule has 0 spiro atoms. The lowest BCUT2D eigenvalue weighted by atomic mass is 9.96. The molecule has 1 saturated heterocycles. The van der Waals surface area contributed by atoms with Crippen LogP contribution in [0.4, 0.5) is 0 Å². The lowest BCUT2D eigenvalue weighted by Gasteiger charge is -2.11. The first-order valence-corrected chi connectivity index (χ1v) is 6.25. The molecule has 1 unspecified atom stereocenters. The number of hydrogen-bond acceptors (Lipinski definition) is 2. The number of benzene rings is 1. The van der Waals surface area contributed by atoms with Crippen molar-refractivity contribution >= 4 is 10.9 Å². The van der Waals surface area contributed by atoms with Gasteiger partial charge in [-0.2, -0.15) is 0 Å². The molecule has 0 amide bonds. The third kappa shape index (κ3) is 1.80. The van der Waals surface area contributed by atoms with E-state index >= 15 is 0 Å². The lowest BCUT2D eigenvalue weighted by Crippen LogP contribution is -2.10. The summed E-state index contributed by atoms with van der Waals surface area (Å²) in [6.45, 7) is 4.21.